The lowest BCUT2D eigenvalue weighted by atomic mass is 10.1. The van der Waals surface area contributed by atoms with Crippen LogP contribution in [0.4, 0.5) is 14.9 Å². The van der Waals surface area contributed by atoms with Crippen LogP contribution >= 0.6 is 0 Å². The van der Waals surface area contributed by atoms with Crippen LogP contribution in [0.5, 0.6) is 5.75 Å². The molecule has 8 heteroatoms. The van der Waals surface area contributed by atoms with E-state index in [1.54, 1.807) is 31.2 Å². The SMILES string of the molecule is C[C@@H](OC(=O)Nc1ccc(-c2c(C#N)c3ccc(OC4CCOCC4)cc3n2C2CC2)cc1)c1ccc(F)cc1. The van der Waals surface area contributed by atoms with E-state index in [-0.39, 0.29) is 11.9 Å². The summed E-state index contributed by atoms with van der Waals surface area (Å²) in [6.07, 6.45) is 2.86. The van der Waals surface area contributed by atoms with Crippen molar-refractivity contribution >= 4 is 22.7 Å². The maximum absolute atomic E-state index is 13.2. The highest BCUT2D eigenvalue weighted by Gasteiger charge is 2.31. The smallest absolute Gasteiger partial charge is 0.412 e. The van der Waals surface area contributed by atoms with E-state index < -0.39 is 12.2 Å². The Morgan fingerprint density at radius 3 is 2.45 bits per heavy atom. The molecule has 1 amide bonds. The summed E-state index contributed by atoms with van der Waals surface area (Å²) in [5.74, 6) is 0.465. The van der Waals surface area contributed by atoms with Crippen LogP contribution in [0.2, 0.25) is 0 Å². The minimum Gasteiger partial charge on any atom is -0.490 e. The quantitative estimate of drug-likeness (QED) is 0.263. The lowest BCUT2D eigenvalue weighted by Crippen LogP contribution is -2.25. The molecule has 3 aromatic carbocycles. The molecule has 1 saturated carbocycles. The molecule has 2 heterocycles. The van der Waals surface area contributed by atoms with Crippen LogP contribution in [0.3, 0.4) is 0 Å². The van der Waals surface area contributed by atoms with E-state index in [0.29, 0.717) is 36.1 Å². The van der Waals surface area contributed by atoms with Gasteiger partial charge in [0.2, 0.25) is 0 Å². The number of aromatic nitrogens is 1. The molecular formula is C32H30FN3O4. The van der Waals surface area contributed by atoms with Crippen molar-refractivity contribution in [3.63, 3.8) is 0 Å². The highest BCUT2D eigenvalue weighted by atomic mass is 19.1. The van der Waals surface area contributed by atoms with Gasteiger partial charge in [-0.25, -0.2) is 9.18 Å². The molecule has 4 aromatic rings. The number of nitrogens with one attached hydrogen (secondary N) is 1. The fourth-order valence-electron chi connectivity index (χ4n) is 5.28. The van der Waals surface area contributed by atoms with Gasteiger partial charge in [0.1, 0.15) is 29.8 Å². The standard InChI is InChI=1S/C32H30FN3O4/c1-20(21-2-6-23(33)7-3-21)39-32(37)35-24-8-4-22(5-9-24)31-29(19-34)28-13-12-27(40-26-14-16-38-17-15-26)18-30(28)36(31)25-10-11-25/h2-9,12-13,18,20,25-26H,10-11,14-17H2,1H3,(H,35,37)/t20-/m1/s1. The highest BCUT2D eigenvalue weighted by Crippen LogP contribution is 2.45. The van der Waals surface area contributed by atoms with Gasteiger partial charge < -0.3 is 18.8 Å². The number of nitrogens with zero attached hydrogens (tertiary/aromatic N) is 2. The second-order valence-electron chi connectivity index (χ2n) is 10.3. The van der Waals surface area contributed by atoms with E-state index in [4.69, 9.17) is 14.2 Å². The molecule has 0 radical (unpaired) electrons. The van der Waals surface area contributed by atoms with Gasteiger partial charge in [-0.1, -0.05) is 24.3 Å². The van der Waals surface area contributed by atoms with Crippen molar-refractivity contribution in [3.8, 4) is 23.1 Å². The van der Waals surface area contributed by atoms with Crippen molar-refractivity contribution in [2.24, 2.45) is 0 Å². The van der Waals surface area contributed by atoms with Crippen molar-refractivity contribution in [1.29, 1.82) is 5.26 Å². The summed E-state index contributed by atoms with van der Waals surface area (Å²) in [6, 6.07) is 22.0. The van der Waals surface area contributed by atoms with Crippen LogP contribution in [-0.2, 0) is 9.47 Å². The molecule has 204 valence electrons. The Morgan fingerprint density at radius 1 is 1.05 bits per heavy atom. The van der Waals surface area contributed by atoms with Gasteiger partial charge >= 0.3 is 6.09 Å². The molecule has 7 nitrogen and oxygen atoms in total. The maximum Gasteiger partial charge on any atom is 0.412 e. The molecule has 1 atom stereocenters. The molecule has 1 aliphatic carbocycles. The molecule has 1 aliphatic heterocycles. The summed E-state index contributed by atoms with van der Waals surface area (Å²) in [4.78, 5) is 12.5. The van der Waals surface area contributed by atoms with E-state index >= 15 is 0 Å². The molecule has 1 N–H and O–H groups in total. The largest absolute Gasteiger partial charge is 0.490 e. The molecule has 2 aliphatic rings. The van der Waals surface area contributed by atoms with Crippen molar-refractivity contribution in [3.05, 3.63) is 83.7 Å². The monoisotopic (exact) mass is 539 g/mol. The van der Waals surface area contributed by atoms with E-state index in [1.807, 2.05) is 24.3 Å². The third kappa shape index (κ3) is 5.38. The van der Waals surface area contributed by atoms with Crippen molar-refractivity contribution in [2.75, 3.05) is 18.5 Å². The van der Waals surface area contributed by atoms with Gasteiger partial charge in [-0.05, 0) is 67.3 Å². The summed E-state index contributed by atoms with van der Waals surface area (Å²) in [6.45, 7) is 3.16. The van der Waals surface area contributed by atoms with Gasteiger partial charge in [0.25, 0.3) is 0 Å². The number of halogens is 1. The van der Waals surface area contributed by atoms with Crippen LogP contribution in [0.1, 0.15) is 55.9 Å². The number of carbonyl (C=O) groups excluding carboxylic acids is 1. The molecule has 0 bridgehead atoms. The number of carbonyl (C=O) groups is 1. The number of rotatable bonds is 7. The Hall–Kier alpha value is -4.35. The van der Waals surface area contributed by atoms with Crippen molar-refractivity contribution < 1.29 is 23.4 Å². The highest BCUT2D eigenvalue weighted by molar-refractivity contribution is 5.96. The molecule has 40 heavy (non-hydrogen) atoms. The predicted molar refractivity (Wildman–Crippen MR) is 150 cm³/mol. The Bertz CT molecular complexity index is 1560. The second kappa shape index (κ2) is 11.0. The maximum atomic E-state index is 13.2. The molecule has 0 spiro atoms. The number of ether oxygens (including phenoxy) is 3. The normalized spacial score (nSPS) is 16.3. The molecule has 1 aromatic heterocycles. The third-order valence-electron chi connectivity index (χ3n) is 7.50. The van der Waals surface area contributed by atoms with E-state index in [0.717, 1.165) is 53.6 Å². The average Bonchev–Trinajstić information content (AvgIpc) is 3.75. The number of fused-ring (bicyclic) bond motifs is 1. The van der Waals surface area contributed by atoms with Gasteiger partial charge in [0.15, 0.2) is 0 Å². The molecule has 1 saturated heterocycles. The first-order valence-electron chi connectivity index (χ1n) is 13.7. The summed E-state index contributed by atoms with van der Waals surface area (Å²) in [7, 11) is 0. The number of nitriles is 1. The lowest BCUT2D eigenvalue weighted by Gasteiger charge is -2.23. The van der Waals surface area contributed by atoms with E-state index in [9.17, 15) is 14.4 Å². The van der Waals surface area contributed by atoms with Crippen LogP contribution < -0.4 is 10.1 Å². The molecule has 6 rings (SSSR count). The second-order valence-corrected chi connectivity index (χ2v) is 10.3. The van der Waals surface area contributed by atoms with Crippen LogP contribution in [0.15, 0.2) is 66.7 Å². The minimum absolute atomic E-state index is 0.135. The van der Waals surface area contributed by atoms with E-state index in [2.05, 4.69) is 22.0 Å². The summed E-state index contributed by atoms with van der Waals surface area (Å²) < 4.78 is 32.6. The number of amides is 1. The first kappa shape index (κ1) is 25.9. The van der Waals surface area contributed by atoms with Crippen LogP contribution in [0.25, 0.3) is 22.2 Å². The van der Waals surface area contributed by atoms with E-state index in [1.165, 1.54) is 12.1 Å². The Labute approximate surface area is 232 Å². The Kier molecular flexibility index (Phi) is 7.14. The van der Waals surface area contributed by atoms with Crippen molar-refractivity contribution in [1.82, 2.24) is 4.57 Å². The van der Waals surface area contributed by atoms with Gasteiger partial charge in [0.05, 0.1) is 30.0 Å². The van der Waals surface area contributed by atoms with Gasteiger partial charge in [-0.15, -0.1) is 0 Å². The van der Waals surface area contributed by atoms with Gasteiger partial charge in [-0.2, -0.15) is 5.26 Å². The molecule has 2 fully saturated rings. The molecular weight excluding hydrogens is 509 g/mol. The predicted octanol–water partition coefficient (Wildman–Crippen LogP) is 7.52. The minimum atomic E-state index is -0.605. The first-order valence-corrected chi connectivity index (χ1v) is 13.7. The first-order chi connectivity index (χ1) is 19.5. The average molecular weight is 540 g/mol. The summed E-state index contributed by atoms with van der Waals surface area (Å²) >= 11 is 0. The topological polar surface area (TPSA) is 85.5 Å². The zero-order valence-electron chi connectivity index (χ0n) is 22.2. The summed E-state index contributed by atoms with van der Waals surface area (Å²) in [5.41, 5.74) is 4.67. The fraction of sp³-hybridized carbons (Fsp3) is 0.312. The lowest BCUT2D eigenvalue weighted by molar-refractivity contribution is 0.0256. The Morgan fingerprint density at radius 2 is 1.77 bits per heavy atom. The number of hydrogen-bond acceptors (Lipinski definition) is 5. The van der Waals surface area contributed by atoms with Gasteiger partial charge in [0, 0.05) is 36.0 Å². The number of anilines is 1. The zero-order valence-corrected chi connectivity index (χ0v) is 22.2. The summed E-state index contributed by atoms with van der Waals surface area (Å²) in [5, 5.41) is 13.8. The van der Waals surface area contributed by atoms with Crippen LogP contribution in [0, 0.1) is 17.1 Å². The zero-order chi connectivity index (χ0) is 27.6. The van der Waals surface area contributed by atoms with Crippen molar-refractivity contribution in [2.45, 2.75) is 50.9 Å². The number of benzene rings is 3. The molecule has 0 unspecified atom stereocenters. The van der Waals surface area contributed by atoms with Gasteiger partial charge in [-0.3, -0.25) is 5.32 Å². The third-order valence-corrected chi connectivity index (χ3v) is 7.50. The fourth-order valence-corrected chi connectivity index (χ4v) is 5.28. The number of hydrogen-bond donors (Lipinski definition) is 1. The Balaban J connectivity index is 1.24. The van der Waals surface area contributed by atoms with Crippen LogP contribution in [-0.4, -0.2) is 30.0 Å².